The molecule has 8 heteroatoms. The van der Waals surface area contributed by atoms with Crippen molar-refractivity contribution in [2.75, 3.05) is 30.8 Å². The minimum absolute atomic E-state index is 0.0821. The van der Waals surface area contributed by atoms with Crippen LogP contribution in [0, 0.1) is 5.92 Å². The second kappa shape index (κ2) is 7.18. The Balaban J connectivity index is 1.54. The molecule has 5 rings (SSSR count). The number of rotatable bonds is 4. The van der Waals surface area contributed by atoms with Gasteiger partial charge >= 0.3 is 0 Å². The lowest BCUT2D eigenvalue weighted by Crippen LogP contribution is -2.50. The van der Waals surface area contributed by atoms with E-state index in [0.29, 0.717) is 17.0 Å². The maximum atomic E-state index is 12.9. The summed E-state index contributed by atoms with van der Waals surface area (Å²) in [6.45, 7) is 1.68. The van der Waals surface area contributed by atoms with Crippen molar-refractivity contribution in [2.24, 2.45) is 5.92 Å². The van der Waals surface area contributed by atoms with E-state index in [2.05, 4.69) is 33.3 Å². The van der Waals surface area contributed by atoms with Crippen molar-refractivity contribution in [1.82, 2.24) is 14.8 Å². The van der Waals surface area contributed by atoms with Gasteiger partial charge in [-0.15, -0.1) is 10.2 Å². The number of pyridine rings is 1. The Bertz CT molecular complexity index is 1090. The quantitative estimate of drug-likeness (QED) is 0.713. The van der Waals surface area contributed by atoms with Crippen molar-refractivity contribution < 1.29 is 4.74 Å². The third-order valence-corrected chi connectivity index (χ3v) is 6.89. The van der Waals surface area contributed by atoms with Crippen LogP contribution in [0.1, 0.15) is 29.6 Å². The molecule has 0 saturated carbocycles. The summed E-state index contributed by atoms with van der Waals surface area (Å²) in [5, 5.41) is 9.59. The van der Waals surface area contributed by atoms with E-state index in [-0.39, 0.29) is 11.6 Å². The summed E-state index contributed by atoms with van der Waals surface area (Å²) in [5.74, 6) is 1.48. The van der Waals surface area contributed by atoms with Crippen LogP contribution in [0.25, 0.3) is 0 Å². The first-order valence-electron chi connectivity index (χ1n) is 9.80. The fraction of sp³-hybridized carbons (Fsp3) is 0.381. The number of benzene rings is 1. The zero-order chi connectivity index (χ0) is 20.0. The molecule has 3 atom stereocenters. The number of fused-ring (bicyclic) bond motifs is 4. The molecule has 2 aromatic heterocycles. The minimum atomic E-state index is 0.0821. The van der Waals surface area contributed by atoms with Gasteiger partial charge in [0.05, 0.1) is 7.11 Å². The third-order valence-electron chi connectivity index (χ3n) is 6.08. The van der Waals surface area contributed by atoms with Crippen molar-refractivity contribution in [2.45, 2.75) is 24.8 Å². The van der Waals surface area contributed by atoms with E-state index in [4.69, 9.17) is 10.5 Å². The Morgan fingerprint density at radius 1 is 1.21 bits per heavy atom. The first-order valence-corrected chi connectivity index (χ1v) is 10.6. The van der Waals surface area contributed by atoms with E-state index in [9.17, 15) is 4.79 Å². The summed E-state index contributed by atoms with van der Waals surface area (Å²) in [5.41, 5.74) is 8.18. The number of methoxy groups -OCH3 is 1. The van der Waals surface area contributed by atoms with Crippen molar-refractivity contribution in [1.29, 1.82) is 0 Å². The zero-order valence-electron chi connectivity index (χ0n) is 16.2. The van der Waals surface area contributed by atoms with E-state index in [1.165, 1.54) is 16.9 Å². The molecule has 29 heavy (non-hydrogen) atoms. The highest BCUT2D eigenvalue weighted by molar-refractivity contribution is 7.18. The van der Waals surface area contributed by atoms with Gasteiger partial charge in [0.2, 0.25) is 10.3 Å². The van der Waals surface area contributed by atoms with Gasteiger partial charge in [0.1, 0.15) is 5.75 Å². The molecule has 3 aromatic rings. The smallest absolute Gasteiger partial charge is 0.251 e. The number of aromatic nitrogens is 3. The van der Waals surface area contributed by atoms with E-state index in [1.807, 2.05) is 22.8 Å². The Hall–Kier alpha value is -2.87. The van der Waals surface area contributed by atoms with Crippen LogP contribution in [-0.4, -0.2) is 35.0 Å². The third kappa shape index (κ3) is 3.27. The van der Waals surface area contributed by atoms with Crippen LogP contribution >= 0.6 is 11.3 Å². The normalized spacial score (nSPS) is 22.9. The number of hydrogen-bond acceptors (Lipinski definition) is 7. The lowest BCUT2D eigenvalue weighted by atomic mass is 9.77. The van der Waals surface area contributed by atoms with E-state index >= 15 is 0 Å². The van der Waals surface area contributed by atoms with Gasteiger partial charge in [-0.3, -0.25) is 4.79 Å². The summed E-state index contributed by atoms with van der Waals surface area (Å²) in [7, 11) is 1.68. The van der Waals surface area contributed by atoms with E-state index < -0.39 is 0 Å². The maximum absolute atomic E-state index is 12.9. The molecule has 0 spiro atoms. The summed E-state index contributed by atoms with van der Waals surface area (Å²) in [4.78, 5) is 15.1. The molecule has 0 aliphatic carbocycles. The van der Waals surface area contributed by atoms with E-state index in [1.54, 1.807) is 13.2 Å². The van der Waals surface area contributed by atoms with Gasteiger partial charge in [0.25, 0.3) is 5.56 Å². The van der Waals surface area contributed by atoms with Crippen molar-refractivity contribution in [3.05, 3.63) is 64.1 Å². The fourth-order valence-electron chi connectivity index (χ4n) is 4.86. The summed E-state index contributed by atoms with van der Waals surface area (Å²) >= 11 is 1.42. The number of nitrogen functional groups attached to an aromatic ring is 1. The molecule has 1 saturated heterocycles. The number of nitrogens with two attached hydrogens (primary N) is 1. The number of nitrogens with zero attached hydrogens (tertiary/aromatic N) is 4. The van der Waals surface area contributed by atoms with Crippen molar-refractivity contribution in [3.63, 3.8) is 0 Å². The highest BCUT2D eigenvalue weighted by atomic mass is 32.1. The molecule has 2 aliphatic heterocycles. The molecule has 4 heterocycles. The molecule has 2 aliphatic rings. The van der Waals surface area contributed by atoms with Gasteiger partial charge in [0.15, 0.2) is 0 Å². The van der Waals surface area contributed by atoms with Gasteiger partial charge in [0, 0.05) is 36.8 Å². The standard InChI is InChI=1S/C21H23N5O2S/c1-28-16-5-2-4-13(8-16)9-18-15-10-14(17-6-3-7-19(27)26(17)18)11-25(12-15)21-24-23-20(22)29-21/h2-8,14-15,18H,9-12H2,1H3,(H2,22,23)/t14-,15+,18+/m1/s1. The lowest BCUT2D eigenvalue weighted by molar-refractivity contribution is 0.211. The molecular formula is C21H23N5O2S. The SMILES string of the molecule is COc1cccc(C[C@H]2[C@H]3C[C@H](CN(c4nnc(N)s4)C3)c3cccc(=O)n32)c1. The molecule has 7 nitrogen and oxygen atoms in total. The van der Waals surface area contributed by atoms with Crippen LogP contribution in [0.2, 0.25) is 0 Å². The van der Waals surface area contributed by atoms with Crippen LogP contribution in [0.5, 0.6) is 5.75 Å². The van der Waals surface area contributed by atoms with Crippen molar-refractivity contribution >= 4 is 21.6 Å². The summed E-state index contributed by atoms with van der Waals surface area (Å²) in [6.07, 6.45) is 1.86. The van der Waals surface area contributed by atoms with E-state index in [0.717, 1.165) is 42.5 Å². The van der Waals surface area contributed by atoms with Crippen LogP contribution in [0.4, 0.5) is 10.3 Å². The second-order valence-electron chi connectivity index (χ2n) is 7.80. The number of piperidine rings is 1. The van der Waals surface area contributed by atoms with Gasteiger partial charge in [-0.1, -0.05) is 29.5 Å². The number of anilines is 2. The fourth-order valence-corrected chi connectivity index (χ4v) is 5.48. The highest BCUT2D eigenvalue weighted by Crippen LogP contribution is 2.44. The topological polar surface area (TPSA) is 86.3 Å². The second-order valence-corrected chi connectivity index (χ2v) is 8.79. The average Bonchev–Trinajstić information content (AvgIpc) is 3.18. The minimum Gasteiger partial charge on any atom is -0.497 e. The predicted molar refractivity (Wildman–Crippen MR) is 114 cm³/mol. The monoisotopic (exact) mass is 409 g/mol. The number of ether oxygens (including phenoxy) is 1. The zero-order valence-corrected chi connectivity index (χ0v) is 17.0. The Labute approximate surface area is 172 Å². The molecule has 2 N–H and O–H groups in total. The molecule has 2 bridgehead atoms. The lowest BCUT2D eigenvalue weighted by Gasteiger charge is -2.47. The summed E-state index contributed by atoms with van der Waals surface area (Å²) < 4.78 is 7.43. The largest absolute Gasteiger partial charge is 0.497 e. The molecule has 0 radical (unpaired) electrons. The highest BCUT2D eigenvalue weighted by Gasteiger charge is 2.41. The van der Waals surface area contributed by atoms with Crippen molar-refractivity contribution in [3.8, 4) is 5.75 Å². The van der Waals surface area contributed by atoms with Gasteiger partial charge < -0.3 is 19.9 Å². The first kappa shape index (κ1) is 18.2. The van der Waals surface area contributed by atoms with Crippen LogP contribution in [0.15, 0.2) is 47.3 Å². The summed E-state index contributed by atoms with van der Waals surface area (Å²) in [6, 6.07) is 13.9. The van der Waals surface area contributed by atoms with Crippen LogP contribution in [-0.2, 0) is 6.42 Å². The average molecular weight is 410 g/mol. The Morgan fingerprint density at radius 3 is 2.86 bits per heavy atom. The molecule has 0 unspecified atom stereocenters. The molecular weight excluding hydrogens is 386 g/mol. The molecule has 0 amide bonds. The van der Waals surface area contributed by atoms with Crippen LogP contribution < -0.4 is 20.9 Å². The van der Waals surface area contributed by atoms with Crippen LogP contribution in [0.3, 0.4) is 0 Å². The Morgan fingerprint density at radius 2 is 2.07 bits per heavy atom. The maximum Gasteiger partial charge on any atom is 0.251 e. The predicted octanol–water partition coefficient (Wildman–Crippen LogP) is 2.70. The molecule has 1 aromatic carbocycles. The van der Waals surface area contributed by atoms with Gasteiger partial charge in [-0.05, 0) is 42.5 Å². The molecule has 150 valence electrons. The number of hydrogen-bond donors (Lipinski definition) is 1. The Kier molecular flexibility index (Phi) is 4.50. The van der Waals surface area contributed by atoms with Gasteiger partial charge in [-0.2, -0.15) is 0 Å². The molecule has 1 fully saturated rings. The first-order chi connectivity index (χ1) is 14.1. The van der Waals surface area contributed by atoms with Gasteiger partial charge in [-0.25, -0.2) is 0 Å².